The predicted molar refractivity (Wildman–Crippen MR) is 374 cm³/mol. The van der Waals surface area contributed by atoms with E-state index in [1.54, 1.807) is 6.07 Å². The van der Waals surface area contributed by atoms with Crippen molar-refractivity contribution in [3.63, 3.8) is 0 Å². The van der Waals surface area contributed by atoms with Crippen LogP contribution in [0.25, 0.3) is 165 Å². The molecule has 4 aromatic heterocycles. The third kappa shape index (κ3) is 10.00. The molecule has 0 aliphatic heterocycles. The number of furan rings is 2. The number of fused-ring (bicyclic) bond motifs is 20. The lowest BCUT2D eigenvalue weighted by atomic mass is 9.79. The van der Waals surface area contributed by atoms with Gasteiger partial charge in [-0.1, -0.05) is 268 Å². The molecule has 0 spiro atoms. The molecule has 0 unspecified atom stereocenters. The van der Waals surface area contributed by atoms with Crippen LogP contribution in [0.2, 0.25) is 5.28 Å². The summed E-state index contributed by atoms with van der Waals surface area (Å²) in [6.45, 7) is 0. The van der Waals surface area contributed by atoms with E-state index in [1.165, 1.54) is 43.1 Å². The van der Waals surface area contributed by atoms with E-state index in [-0.39, 0.29) is 12.7 Å². The molecule has 14 aromatic carbocycles. The van der Waals surface area contributed by atoms with Crippen molar-refractivity contribution in [3.05, 3.63) is 284 Å². The van der Waals surface area contributed by atoms with E-state index in [2.05, 4.69) is 142 Å². The summed E-state index contributed by atoms with van der Waals surface area (Å²) >= 11 is 5.99. The van der Waals surface area contributed by atoms with Gasteiger partial charge in [-0.3, -0.25) is 0 Å². The molecule has 0 aliphatic carbocycles. The number of nitrogens with zero attached hydrogens (tertiary/aromatic N) is 6. The van der Waals surface area contributed by atoms with E-state index in [1.807, 2.05) is 146 Å². The van der Waals surface area contributed by atoms with E-state index < -0.39 is 7.12 Å². The predicted octanol–water partition coefficient (Wildman–Crippen LogP) is 19.5. The molecule has 0 bridgehead atoms. The van der Waals surface area contributed by atoms with Crippen molar-refractivity contribution >= 4 is 133 Å². The monoisotopic (exact) mass is 1190 g/mol. The largest absolute Gasteiger partial charge is 0.492 e. The summed E-state index contributed by atoms with van der Waals surface area (Å²) in [5.41, 5.74) is 7.88. The first-order valence-corrected chi connectivity index (χ1v) is 29.9. The first-order chi connectivity index (χ1) is 44.4. The second-order valence-corrected chi connectivity index (χ2v) is 22.3. The van der Waals surface area contributed by atoms with Crippen LogP contribution in [0.4, 0.5) is 0 Å². The number of aromatic nitrogens is 6. The van der Waals surface area contributed by atoms with Crippen LogP contribution in [-0.2, 0) is 0 Å². The average molecular weight is 1200 g/mol. The molecule has 0 saturated heterocycles. The Labute approximate surface area is 527 Å². The summed E-state index contributed by atoms with van der Waals surface area (Å²) in [6, 6.07) is 93.8. The van der Waals surface area contributed by atoms with Gasteiger partial charge < -0.3 is 18.9 Å². The Morgan fingerprint density at radius 1 is 0.253 bits per heavy atom. The van der Waals surface area contributed by atoms with E-state index in [4.69, 9.17) is 35.4 Å². The quantitative estimate of drug-likeness (QED) is 0.122. The lowest BCUT2D eigenvalue weighted by Gasteiger charge is -2.10. The molecule has 0 atom stereocenters. The van der Waals surface area contributed by atoms with Crippen molar-refractivity contribution in [1.82, 2.24) is 29.9 Å². The van der Waals surface area contributed by atoms with Gasteiger partial charge in [-0.15, -0.1) is 0 Å². The molecule has 0 aliphatic rings. The Bertz CT molecular complexity index is 5610. The number of hydrogen-bond donors (Lipinski definition) is 2. The molecular weight excluding hydrogens is 1140 g/mol. The molecule has 0 radical (unpaired) electrons. The summed E-state index contributed by atoms with van der Waals surface area (Å²) in [6.07, 6.45) is 0. The number of benzene rings is 14. The molecule has 10 nitrogen and oxygen atoms in total. The van der Waals surface area contributed by atoms with Crippen LogP contribution < -0.4 is 5.46 Å². The van der Waals surface area contributed by atoms with E-state index >= 15 is 0 Å². The van der Waals surface area contributed by atoms with Crippen LogP contribution in [0, 0.1) is 0 Å². The highest BCUT2D eigenvalue weighted by Gasteiger charge is 2.23. The van der Waals surface area contributed by atoms with Crippen LogP contribution in [0.1, 0.15) is 7.43 Å². The highest BCUT2D eigenvalue weighted by molar-refractivity contribution is 6.62. The Hall–Kier alpha value is -11.5. The highest BCUT2D eigenvalue weighted by Crippen LogP contribution is 2.45. The molecule has 18 rings (SSSR count). The van der Waals surface area contributed by atoms with Gasteiger partial charge in [0.25, 0.3) is 0 Å². The van der Waals surface area contributed by atoms with Gasteiger partial charge >= 0.3 is 7.12 Å². The lowest BCUT2D eigenvalue weighted by molar-refractivity contribution is 0.425. The van der Waals surface area contributed by atoms with Crippen molar-refractivity contribution in [3.8, 4) is 56.9 Å². The third-order valence-electron chi connectivity index (χ3n) is 16.7. The zero-order valence-corrected chi connectivity index (χ0v) is 48.7. The normalized spacial score (nSPS) is 11.4. The minimum Gasteiger partial charge on any atom is -0.456 e. The molecule has 432 valence electrons. The first-order valence-electron chi connectivity index (χ1n) is 29.5. The minimum atomic E-state index is -1.58. The Balaban J connectivity index is 0.000000123. The summed E-state index contributed by atoms with van der Waals surface area (Å²) in [4.78, 5) is 27.7. The first kappa shape index (κ1) is 56.1. The molecule has 2 N–H and O–H groups in total. The van der Waals surface area contributed by atoms with Gasteiger partial charge in [-0.2, -0.15) is 9.97 Å². The molecule has 0 amide bonds. The van der Waals surface area contributed by atoms with Gasteiger partial charge in [0.2, 0.25) is 5.28 Å². The maximum Gasteiger partial charge on any atom is 0.492 e. The van der Waals surface area contributed by atoms with Gasteiger partial charge in [0.05, 0.1) is 5.56 Å². The van der Waals surface area contributed by atoms with Crippen LogP contribution in [0.15, 0.2) is 288 Å². The van der Waals surface area contributed by atoms with Crippen molar-refractivity contribution in [2.24, 2.45) is 0 Å². The average Bonchev–Trinajstić information content (AvgIpc) is 1.59. The number of halogens is 1. The zero-order valence-electron chi connectivity index (χ0n) is 47.9. The summed E-state index contributed by atoms with van der Waals surface area (Å²) in [7, 11) is -1.58. The minimum absolute atomic E-state index is 0. The van der Waals surface area contributed by atoms with Crippen LogP contribution >= 0.6 is 11.6 Å². The smallest absolute Gasteiger partial charge is 0.456 e. The number of hydrogen-bond acceptors (Lipinski definition) is 10. The molecule has 91 heavy (non-hydrogen) atoms. The zero-order chi connectivity index (χ0) is 60.2. The number of para-hydroxylation sites is 2. The third-order valence-corrected chi connectivity index (χ3v) is 16.8. The van der Waals surface area contributed by atoms with Crippen molar-refractivity contribution in [2.75, 3.05) is 0 Å². The van der Waals surface area contributed by atoms with Gasteiger partial charge in [-0.05, 0) is 83.7 Å². The van der Waals surface area contributed by atoms with Gasteiger partial charge in [0, 0.05) is 60.0 Å². The summed E-state index contributed by atoms with van der Waals surface area (Å²) in [5, 5.41) is 37.8. The van der Waals surface area contributed by atoms with Gasteiger partial charge in [-0.25, -0.2) is 19.9 Å². The fraction of sp³-hybridized carbons (Fsp3) is 0.0127. The Kier molecular flexibility index (Phi) is 14.5. The molecule has 0 fully saturated rings. The molecule has 0 saturated carbocycles. The maximum absolute atomic E-state index is 9.77. The highest BCUT2D eigenvalue weighted by atomic mass is 35.5. The van der Waals surface area contributed by atoms with Crippen LogP contribution in [0.3, 0.4) is 0 Å². The van der Waals surface area contributed by atoms with E-state index in [0.29, 0.717) is 40.2 Å². The van der Waals surface area contributed by atoms with Crippen molar-refractivity contribution < 1.29 is 18.9 Å². The molecule has 4 heterocycles. The van der Waals surface area contributed by atoms with Crippen molar-refractivity contribution in [1.29, 1.82) is 0 Å². The van der Waals surface area contributed by atoms with E-state index in [0.717, 1.165) is 87.7 Å². The van der Waals surface area contributed by atoms with Crippen molar-refractivity contribution in [2.45, 2.75) is 7.43 Å². The fourth-order valence-corrected chi connectivity index (χ4v) is 12.8. The summed E-state index contributed by atoms with van der Waals surface area (Å²) in [5.74, 6) is 3.00. The van der Waals surface area contributed by atoms with Crippen LogP contribution in [-0.4, -0.2) is 47.1 Å². The molecular formula is C79H52BClN6O4. The summed E-state index contributed by atoms with van der Waals surface area (Å²) < 4.78 is 13.2. The topological polar surface area (TPSA) is 144 Å². The second kappa shape index (κ2) is 23.6. The van der Waals surface area contributed by atoms with Gasteiger partial charge in [0.1, 0.15) is 22.3 Å². The van der Waals surface area contributed by atoms with Crippen LogP contribution in [0.5, 0.6) is 0 Å². The Morgan fingerprint density at radius 2 is 0.527 bits per heavy atom. The number of rotatable bonds is 6. The maximum atomic E-state index is 9.77. The second-order valence-electron chi connectivity index (χ2n) is 21.9. The molecule has 18 aromatic rings. The molecule has 12 heteroatoms. The Morgan fingerprint density at radius 3 is 0.923 bits per heavy atom. The van der Waals surface area contributed by atoms with E-state index in [9.17, 15) is 10.0 Å². The fourth-order valence-electron chi connectivity index (χ4n) is 12.6. The SMILES string of the molecule is C.Clc1nc(-c2ccccc2)nc(-c2ccccc2)n1.OB(O)c1cccc2c1oc1c2ccc2c3ccccc3c3ccccc3c21.c1ccc(-c2nc(-c3ccccc3)nc(-c3cccc4c3oc3c4ccc4c5ccccc5c5ccccc5c43)n2)cc1. The standard InChI is InChI=1S/C39H23N3O.C24H15BO3.C15H10ClN3.CH4/c1-3-12-24(13-4-1)37-40-38(25-14-5-2-6-15-25)42-39(41-37)33-21-11-20-31-32-23-22-30-28-18-8-7-16-26(28)27-17-9-10-19-29(27)34(30)36(32)43-35(31)33;26-25(27)21-11-5-10-19-20-13-12-18-16-8-2-1-6-14(16)15-7-3-4-9-17(15)22(18)24(20)28-23(19)21;16-15-18-13(11-7-3-1-4-8-11)17-14(19-15)12-9-5-2-6-10-12;/h1-23H;1-13,26-27H;1-10H;1H4. The lowest BCUT2D eigenvalue weighted by Crippen LogP contribution is -2.29. The van der Waals surface area contributed by atoms with Gasteiger partial charge in [0.15, 0.2) is 29.1 Å².